The molecule has 43 heteroatoms. The molecular weight excluding hydrogens is 1470 g/mol. The van der Waals surface area contributed by atoms with Crippen LogP contribution in [0.5, 0.6) is 5.75 Å². The van der Waals surface area contributed by atoms with Gasteiger partial charge in [0.2, 0.25) is 0 Å². The Morgan fingerprint density at radius 3 is 0.782 bits per heavy atom. The van der Waals surface area contributed by atoms with Gasteiger partial charge in [-0.1, -0.05) is 13.8 Å². The molecule has 2 rings (SSSR count). The molecule has 0 saturated heterocycles. The third-order valence-electron chi connectivity index (χ3n) is 4.76. The summed E-state index contributed by atoms with van der Waals surface area (Å²) in [7, 11) is 67.4. The highest BCUT2D eigenvalue weighted by molar-refractivity contribution is 8.81. The van der Waals surface area contributed by atoms with Crippen molar-refractivity contribution in [3.8, 4) is 5.75 Å². The quantitative estimate of drug-likeness (QED) is 0.391. The summed E-state index contributed by atoms with van der Waals surface area (Å²) in [6, 6.07) is 3.75. The molecule has 55 heavy (non-hydrogen) atoms. The molecule has 0 saturated carbocycles. The maximum atomic E-state index is 5.91. The maximum Gasteiger partial charge on any atom is 0.126 e. The van der Waals surface area contributed by atoms with Gasteiger partial charge < -0.3 is 16.2 Å². The first kappa shape index (κ1) is 60.4. The molecule has 0 aromatic heterocycles. The summed E-state index contributed by atoms with van der Waals surface area (Å²) >= 11 is 9.61. The van der Waals surface area contributed by atoms with Crippen LogP contribution >= 0.6 is 0 Å². The summed E-state index contributed by atoms with van der Waals surface area (Å²) in [5.41, 5.74) is 13.7. The van der Waals surface area contributed by atoms with E-state index in [0.717, 1.165) is 11.3 Å². The molecule has 322 valence electrons. The summed E-state index contributed by atoms with van der Waals surface area (Å²) in [6.45, 7) is 8.49. The lowest BCUT2D eigenvalue weighted by atomic mass is 9.74. The van der Waals surface area contributed by atoms with E-state index in [9.17, 15) is 0 Å². The molecule has 0 aliphatic carbocycles. The van der Waals surface area contributed by atoms with Gasteiger partial charge in [0.25, 0.3) is 0 Å². The van der Waals surface area contributed by atoms with E-state index in [-0.39, 0.29) is 11.0 Å². The predicted molar refractivity (Wildman–Crippen MR) is 358 cm³/mol. The maximum absolute atomic E-state index is 5.91. The minimum Gasteiger partial charge on any atom is -0.487 e. The summed E-state index contributed by atoms with van der Waals surface area (Å²) in [5, 5.41) is 0. The Morgan fingerprint density at radius 2 is 0.564 bits per heavy atom. The fourth-order valence-electron chi connectivity index (χ4n) is 2.32. The first-order chi connectivity index (χ1) is 26.7. The van der Waals surface area contributed by atoms with E-state index in [2.05, 4.69) is 27.7 Å². The number of fused-ring (bicyclic) bond motifs is 1. The second-order valence-corrected chi connectivity index (χ2v) is 75.0. The highest BCUT2D eigenvalue weighted by atomic mass is 33.5. The minimum absolute atomic E-state index is 0.0514. The van der Waals surface area contributed by atoms with Crippen LogP contribution in [0.3, 0.4) is 0 Å². The highest BCUT2D eigenvalue weighted by Crippen LogP contribution is 2.50. The van der Waals surface area contributed by atoms with Crippen molar-refractivity contribution in [1.82, 2.24) is 0 Å². The molecule has 4 N–H and O–H groups in total. The normalized spacial score (nSPS) is 11.3. The molecule has 0 amide bonds. The van der Waals surface area contributed by atoms with Crippen LogP contribution in [-0.2, 0) is 365 Å². The first-order valence-corrected chi connectivity index (χ1v) is 63.6. The van der Waals surface area contributed by atoms with Gasteiger partial charge in [0.05, 0.1) is 11.4 Å². The van der Waals surface area contributed by atoms with Crippen LogP contribution in [0, 0.1) is 0 Å². The van der Waals surface area contributed by atoms with E-state index in [1.54, 1.807) is 107 Å². The lowest BCUT2D eigenvalue weighted by Gasteiger charge is -2.33. The van der Waals surface area contributed by atoms with Gasteiger partial charge in [-0.2, -0.15) is 0 Å². The number of ether oxygens (including phenoxy) is 1. The molecule has 0 atom stereocenters. The largest absolute Gasteiger partial charge is 0.487 e. The monoisotopic (exact) mass is 1490 g/mol. The number of anilines is 2. The van der Waals surface area contributed by atoms with Crippen molar-refractivity contribution in [3.63, 3.8) is 0 Å². The van der Waals surface area contributed by atoms with Gasteiger partial charge in [-0.15, -0.1) is 0 Å². The van der Waals surface area contributed by atoms with Crippen molar-refractivity contribution in [1.29, 1.82) is 0 Å². The van der Waals surface area contributed by atoms with Crippen molar-refractivity contribution in [2.45, 2.75) is 38.7 Å². The lowest BCUT2D eigenvalue weighted by Crippen LogP contribution is -2.41. The third-order valence-corrected chi connectivity index (χ3v) is 87.0. The summed E-state index contributed by atoms with van der Waals surface area (Å²) in [6.07, 6.45) is 0. The summed E-state index contributed by atoms with van der Waals surface area (Å²) in [4.78, 5) is 0. The SMILES string of the molecule is CC1(C)Oc2cc(N)c(N)cc2C1(C)C.S=S=S=S=S=S=S=S=S=S=S=S=S=S=S=S=S=S=S=S=S=S=S=S=S=S=S=S=S=S=S=S=S=S=S=S=S=S=S=S. The number of nitrogens with two attached hydrogens (primary N) is 2. The van der Waals surface area contributed by atoms with Crippen molar-refractivity contribution >= 4 is 371 Å². The summed E-state index contributed by atoms with van der Waals surface area (Å²) in [5.74, 6) is 0.858. The number of rotatable bonds is 0. The zero-order valence-corrected chi connectivity index (χ0v) is 58.7. The third kappa shape index (κ3) is 33.5. The van der Waals surface area contributed by atoms with E-state index in [4.69, 9.17) is 38.6 Å². The van der Waals surface area contributed by atoms with Crippen LogP contribution in [0.1, 0.15) is 33.3 Å². The Labute approximate surface area is 438 Å². The first-order valence-electron chi connectivity index (χ1n) is 11.6. The lowest BCUT2D eigenvalue weighted by molar-refractivity contribution is 0.0713. The van der Waals surface area contributed by atoms with Crippen molar-refractivity contribution < 1.29 is 4.74 Å². The Bertz CT molecular complexity index is 3180. The fraction of sp³-hybridized carbons (Fsp3) is 0.500. The smallest absolute Gasteiger partial charge is 0.126 e. The van der Waals surface area contributed by atoms with Gasteiger partial charge in [-0.05, 0) is 19.9 Å². The average molecular weight is 1490 g/mol. The zero-order chi connectivity index (χ0) is 40.3. The number of hydrogen-bond donors (Lipinski definition) is 2. The van der Waals surface area contributed by atoms with Crippen LogP contribution < -0.4 is 16.2 Å². The molecule has 1 aliphatic heterocycles. The van der Waals surface area contributed by atoms with E-state index < -0.39 is 0 Å². The Morgan fingerprint density at radius 1 is 0.364 bits per heavy atom. The number of benzene rings is 1. The van der Waals surface area contributed by atoms with Crippen LogP contribution in [-0.4, -0.2) is 5.60 Å². The van der Waals surface area contributed by atoms with Crippen LogP contribution in [0.4, 0.5) is 11.4 Å². The topological polar surface area (TPSA) is 61.3 Å². The molecule has 0 bridgehead atoms. The van der Waals surface area contributed by atoms with Crippen LogP contribution in [0.15, 0.2) is 12.1 Å². The number of hydrogen-bond acceptors (Lipinski definition) is 5. The van der Waals surface area contributed by atoms with Gasteiger partial charge in [0, 0.05) is 377 Å². The molecule has 3 nitrogen and oxygen atoms in total. The van der Waals surface area contributed by atoms with Crippen LogP contribution in [0.2, 0.25) is 0 Å². The molecule has 1 aromatic rings. The molecule has 0 unspecified atom stereocenters. The fourth-order valence-corrected chi connectivity index (χ4v) is 101. The van der Waals surface area contributed by atoms with Gasteiger partial charge in [-0.3, -0.25) is 0 Å². The Kier molecular flexibility index (Phi) is 47.0. The average Bonchev–Trinajstić information content (AvgIpc) is 3.33. The molecule has 0 spiro atoms. The second-order valence-electron chi connectivity index (χ2n) is 7.80. The molecule has 0 fully saturated rings. The van der Waals surface area contributed by atoms with E-state index in [0.29, 0.717) is 11.4 Å². The molecular formula is C12H18N2OS40. The Balaban J connectivity index is 0.000000825. The van der Waals surface area contributed by atoms with Crippen molar-refractivity contribution in [3.05, 3.63) is 17.7 Å². The second kappa shape index (κ2) is 42.8. The van der Waals surface area contributed by atoms with Gasteiger partial charge in [0.1, 0.15) is 11.4 Å². The molecule has 1 aliphatic rings. The van der Waals surface area contributed by atoms with Gasteiger partial charge >= 0.3 is 0 Å². The van der Waals surface area contributed by atoms with Crippen molar-refractivity contribution in [2.75, 3.05) is 11.5 Å². The molecule has 1 aromatic carbocycles. The van der Waals surface area contributed by atoms with E-state index >= 15 is 0 Å². The van der Waals surface area contributed by atoms with Crippen molar-refractivity contribution in [2.24, 2.45) is 0 Å². The number of nitrogen functional groups attached to an aromatic ring is 2. The summed E-state index contributed by atoms with van der Waals surface area (Å²) < 4.78 is 5.91. The standard InChI is InChI=1S/C12H18N2O.S40/c1-11(2)7-5-8(13)9(14)6-10(7)15-12(11,3)4;1-3-5-7-9-11-13-15-17-19-21-23-25-27-29-31-33-35-37-39-40-38-36-34-32-30-28-26-24-22-20-18-16-14-12-10-8-6-4-2/h5-6H,13-14H2,1-4H3;. The predicted octanol–water partition coefficient (Wildman–Crippen LogP) is 2.20. The Hall–Kier alpha value is 7.42. The van der Waals surface area contributed by atoms with Gasteiger partial charge in [0.15, 0.2) is 0 Å². The molecule has 1 heterocycles. The highest BCUT2D eigenvalue weighted by Gasteiger charge is 2.48. The van der Waals surface area contributed by atoms with Gasteiger partial charge in [-0.25, -0.2) is 0 Å². The van der Waals surface area contributed by atoms with E-state index in [1.165, 1.54) is 17.8 Å². The van der Waals surface area contributed by atoms with Crippen LogP contribution in [0.25, 0.3) is 0 Å². The molecule has 0 radical (unpaired) electrons. The minimum atomic E-state index is -0.227. The van der Waals surface area contributed by atoms with E-state index in [1.807, 2.05) is 225 Å². The zero-order valence-electron chi connectivity index (χ0n) is 26.0.